The molecule has 6 heteroatoms. The molecule has 0 spiro atoms. The zero-order chi connectivity index (χ0) is 9.84. The molecular formula is C7H3N3OS2. The second kappa shape index (κ2) is 4.04. The zero-order valence-electron chi connectivity index (χ0n) is 6.35. The van der Waals surface area contributed by atoms with Gasteiger partial charge in [-0.05, 0) is 0 Å². The van der Waals surface area contributed by atoms with E-state index >= 15 is 0 Å². The number of hydrogen-bond acceptors (Lipinski definition) is 5. The highest BCUT2D eigenvalue weighted by Gasteiger charge is 2.25. The first-order chi connectivity index (χ1) is 6.19. The first-order valence-electron chi connectivity index (χ1n) is 3.20. The summed E-state index contributed by atoms with van der Waals surface area (Å²) in [6, 6.07) is 3.31. The summed E-state index contributed by atoms with van der Waals surface area (Å²) in [5, 5.41) is 16.9. The van der Waals surface area contributed by atoms with Gasteiger partial charge in [0.15, 0.2) is 0 Å². The molecule has 0 atom stereocenters. The Hall–Kier alpha value is -1.37. The molecule has 1 amide bonds. The van der Waals surface area contributed by atoms with E-state index in [0.717, 1.165) is 4.90 Å². The summed E-state index contributed by atoms with van der Waals surface area (Å²) < 4.78 is 0.382. The van der Waals surface area contributed by atoms with Crippen LogP contribution in [0.2, 0.25) is 0 Å². The van der Waals surface area contributed by atoms with Gasteiger partial charge >= 0.3 is 0 Å². The van der Waals surface area contributed by atoms with Crippen molar-refractivity contribution in [1.82, 2.24) is 4.90 Å². The predicted octanol–water partition coefficient (Wildman–Crippen LogP) is 0.778. The Morgan fingerprint density at radius 1 is 1.62 bits per heavy atom. The Balaban J connectivity index is 2.92. The van der Waals surface area contributed by atoms with E-state index in [9.17, 15) is 4.79 Å². The highest BCUT2D eigenvalue weighted by molar-refractivity contribution is 8.24. The van der Waals surface area contributed by atoms with Crippen LogP contribution in [0.4, 0.5) is 0 Å². The Labute approximate surface area is 84.4 Å². The third kappa shape index (κ3) is 2.05. The molecule has 64 valence electrons. The molecule has 1 heterocycles. The normalized spacial score (nSPS) is 15.1. The first kappa shape index (κ1) is 9.72. The second-order valence-corrected chi connectivity index (χ2v) is 3.69. The van der Waals surface area contributed by atoms with Crippen molar-refractivity contribution in [3.05, 3.63) is 11.8 Å². The fraction of sp³-hybridized carbons (Fsp3) is 0.143. The molecule has 0 unspecified atom stereocenters. The van der Waals surface area contributed by atoms with E-state index in [0.29, 0.717) is 4.32 Å². The molecular weight excluding hydrogens is 206 g/mol. The number of thioether (sulfide) groups is 1. The summed E-state index contributed by atoms with van der Waals surface area (Å²) in [5.41, 5.74) is -0.127. The van der Waals surface area contributed by atoms with E-state index < -0.39 is 0 Å². The molecule has 1 fully saturated rings. The number of nitriles is 2. The molecule has 1 aliphatic heterocycles. The summed E-state index contributed by atoms with van der Waals surface area (Å²) in [7, 11) is 0. The maximum Gasteiger partial charge on any atom is 0.242 e. The number of carbonyl (C=O) groups is 1. The van der Waals surface area contributed by atoms with E-state index in [1.807, 2.05) is 0 Å². The van der Waals surface area contributed by atoms with Gasteiger partial charge < -0.3 is 0 Å². The van der Waals surface area contributed by atoms with Crippen LogP contribution in [-0.4, -0.2) is 20.9 Å². The average molecular weight is 209 g/mol. The summed E-state index contributed by atoms with van der Waals surface area (Å²) >= 11 is 6.06. The van der Waals surface area contributed by atoms with Crippen molar-refractivity contribution in [2.45, 2.75) is 0 Å². The topological polar surface area (TPSA) is 67.9 Å². The predicted molar refractivity (Wildman–Crippen MR) is 51.2 cm³/mol. The molecule has 1 saturated heterocycles. The molecule has 1 rings (SSSR count). The van der Waals surface area contributed by atoms with Gasteiger partial charge in [0.1, 0.15) is 22.0 Å². The van der Waals surface area contributed by atoms with Gasteiger partial charge in [0, 0.05) is 6.20 Å². The van der Waals surface area contributed by atoms with E-state index in [1.54, 1.807) is 12.1 Å². The van der Waals surface area contributed by atoms with Gasteiger partial charge in [-0.3, -0.25) is 9.69 Å². The Bertz CT molecular complexity index is 342. The minimum absolute atomic E-state index is 0.127. The van der Waals surface area contributed by atoms with Crippen LogP contribution in [0.25, 0.3) is 0 Å². The van der Waals surface area contributed by atoms with Crippen LogP contribution in [0.15, 0.2) is 11.8 Å². The van der Waals surface area contributed by atoms with Crippen LogP contribution in [0.5, 0.6) is 0 Å². The van der Waals surface area contributed by atoms with Crippen molar-refractivity contribution in [2.75, 3.05) is 5.75 Å². The zero-order valence-corrected chi connectivity index (χ0v) is 7.98. The van der Waals surface area contributed by atoms with Gasteiger partial charge in [0.2, 0.25) is 5.91 Å². The highest BCUT2D eigenvalue weighted by atomic mass is 32.2. The molecule has 0 saturated carbocycles. The number of allylic oxidation sites excluding steroid dienone is 1. The van der Waals surface area contributed by atoms with E-state index in [-0.39, 0.29) is 17.2 Å². The molecule has 0 radical (unpaired) electrons. The van der Waals surface area contributed by atoms with Crippen molar-refractivity contribution in [1.29, 1.82) is 10.5 Å². The summed E-state index contributed by atoms with van der Waals surface area (Å²) in [5.74, 6) is 0.0810. The molecule has 13 heavy (non-hydrogen) atoms. The van der Waals surface area contributed by atoms with Crippen LogP contribution >= 0.6 is 24.0 Å². The van der Waals surface area contributed by atoms with Gasteiger partial charge in [-0.1, -0.05) is 24.0 Å². The minimum Gasteiger partial charge on any atom is -0.273 e. The molecule has 0 N–H and O–H groups in total. The number of amides is 1. The maximum absolute atomic E-state index is 11.1. The third-order valence-electron chi connectivity index (χ3n) is 1.28. The molecule has 0 aromatic heterocycles. The molecule has 0 bridgehead atoms. The third-order valence-corrected chi connectivity index (χ3v) is 2.67. The highest BCUT2D eigenvalue weighted by Crippen LogP contribution is 2.20. The van der Waals surface area contributed by atoms with Gasteiger partial charge in [-0.15, -0.1) is 0 Å². The van der Waals surface area contributed by atoms with Crippen molar-refractivity contribution in [3.8, 4) is 12.1 Å². The van der Waals surface area contributed by atoms with Crippen molar-refractivity contribution >= 4 is 34.2 Å². The molecule has 1 aliphatic rings. The maximum atomic E-state index is 11.1. The number of carbonyl (C=O) groups excluding carboxylic acids is 1. The molecule has 0 aromatic rings. The smallest absolute Gasteiger partial charge is 0.242 e. The summed E-state index contributed by atoms with van der Waals surface area (Å²) in [6.45, 7) is 0. The lowest BCUT2D eigenvalue weighted by atomic mass is 10.3. The first-order valence-corrected chi connectivity index (χ1v) is 4.59. The largest absolute Gasteiger partial charge is 0.273 e. The van der Waals surface area contributed by atoms with Gasteiger partial charge in [-0.25, -0.2) is 0 Å². The van der Waals surface area contributed by atoms with E-state index in [1.165, 1.54) is 18.0 Å². The van der Waals surface area contributed by atoms with Crippen molar-refractivity contribution < 1.29 is 4.79 Å². The quantitative estimate of drug-likeness (QED) is 0.471. The van der Waals surface area contributed by atoms with Gasteiger partial charge in [0.25, 0.3) is 0 Å². The van der Waals surface area contributed by atoms with Crippen LogP contribution in [0.3, 0.4) is 0 Å². The number of hydrogen-bond donors (Lipinski definition) is 0. The van der Waals surface area contributed by atoms with Gasteiger partial charge in [-0.2, -0.15) is 10.5 Å². The van der Waals surface area contributed by atoms with Crippen LogP contribution < -0.4 is 0 Å². The van der Waals surface area contributed by atoms with E-state index in [4.69, 9.17) is 22.7 Å². The van der Waals surface area contributed by atoms with Crippen LogP contribution in [0, 0.1) is 22.7 Å². The Morgan fingerprint density at radius 2 is 2.23 bits per heavy atom. The monoisotopic (exact) mass is 209 g/mol. The van der Waals surface area contributed by atoms with Gasteiger partial charge in [0.05, 0.1) is 5.75 Å². The second-order valence-electron chi connectivity index (χ2n) is 2.08. The molecule has 0 aliphatic carbocycles. The average Bonchev–Trinajstić information content (AvgIpc) is 2.44. The summed E-state index contributed by atoms with van der Waals surface area (Å²) in [6.07, 6.45) is 1.17. The Kier molecular flexibility index (Phi) is 3.02. The fourth-order valence-corrected chi connectivity index (χ4v) is 1.71. The number of rotatable bonds is 1. The number of thiocarbonyl (C=S) groups is 1. The van der Waals surface area contributed by atoms with Crippen molar-refractivity contribution in [2.24, 2.45) is 0 Å². The van der Waals surface area contributed by atoms with E-state index in [2.05, 4.69) is 0 Å². The molecule has 0 aromatic carbocycles. The molecule has 4 nitrogen and oxygen atoms in total. The fourth-order valence-electron chi connectivity index (χ4n) is 0.701. The SMILES string of the molecule is N#CC(C#N)=CN1C(=O)CSC1=S. The summed E-state index contributed by atoms with van der Waals surface area (Å²) in [4.78, 5) is 12.3. The van der Waals surface area contributed by atoms with Crippen molar-refractivity contribution in [3.63, 3.8) is 0 Å². The lowest BCUT2D eigenvalue weighted by Crippen LogP contribution is -2.22. The Morgan fingerprint density at radius 3 is 2.62 bits per heavy atom. The van der Waals surface area contributed by atoms with Crippen LogP contribution in [0.1, 0.15) is 0 Å². The lowest BCUT2D eigenvalue weighted by molar-refractivity contribution is -0.122. The minimum atomic E-state index is -0.196. The number of nitrogens with zero attached hydrogens (tertiary/aromatic N) is 3. The van der Waals surface area contributed by atoms with Crippen LogP contribution in [-0.2, 0) is 4.79 Å². The lowest BCUT2D eigenvalue weighted by Gasteiger charge is -2.06. The standard InChI is InChI=1S/C7H3N3OS2/c8-1-5(2-9)3-10-6(11)4-13-7(10)12/h3H,4H2.